The van der Waals surface area contributed by atoms with E-state index in [1.807, 2.05) is 0 Å². The van der Waals surface area contributed by atoms with Crippen molar-refractivity contribution in [3.05, 3.63) is 34.7 Å². The molecule has 0 aliphatic carbocycles. The lowest BCUT2D eigenvalue weighted by Gasteiger charge is -2.07. The average molecular weight is 335 g/mol. The van der Waals surface area contributed by atoms with Crippen molar-refractivity contribution in [2.45, 2.75) is 13.8 Å². The van der Waals surface area contributed by atoms with Gasteiger partial charge in [-0.25, -0.2) is 4.79 Å². The van der Waals surface area contributed by atoms with Gasteiger partial charge in [0.2, 0.25) is 0 Å². The molecule has 1 fully saturated rings. The van der Waals surface area contributed by atoms with Crippen LogP contribution in [0.25, 0.3) is 6.08 Å². The van der Waals surface area contributed by atoms with Crippen molar-refractivity contribution in [2.24, 2.45) is 0 Å². The fourth-order valence-corrected chi connectivity index (χ4v) is 2.83. The molecule has 2 amide bonds. The molecule has 0 radical (unpaired) electrons. The van der Waals surface area contributed by atoms with Gasteiger partial charge in [-0.05, 0) is 49.4 Å². The first-order valence-corrected chi connectivity index (χ1v) is 8.00. The predicted octanol–water partition coefficient (Wildman–Crippen LogP) is 2.68. The molecule has 0 unspecified atom stereocenters. The average Bonchev–Trinajstić information content (AvgIpc) is 2.80. The monoisotopic (exact) mass is 335 g/mol. The highest BCUT2D eigenvalue weighted by molar-refractivity contribution is 8.18. The Morgan fingerprint density at radius 2 is 1.91 bits per heavy atom. The number of ether oxygens (including phenoxy) is 2. The van der Waals surface area contributed by atoms with Crippen LogP contribution in [-0.2, 0) is 14.3 Å². The summed E-state index contributed by atoms with van der Waals surface area (Å²) in [6.45, 7) is 4.01. The lowest BCUT2D eigenvalue weighted by Crippen LogP contribution is -2.27. The van der Waals surface area contributed by atoms with Gasteiger partial charge in [-0.3, -0.25) is 14.5 Å². The summed E-state index contributed by atoms with van der Waals surface area (Å²) in [5, 5.41) is -0.252. The zero-order valence-corrected chi connectivity index (χ0v) is 13.7. The molecule has 6 nitrogen and oxygen atoms in total. The number of carbonyl (C=O) groups excluding carboxylic acids is 3. The highest BCUT2D eigenvalue weighted by Crippen LogP contribution is 2.32. The third-order valence-corrected chi connectivity index (χ3v) is 3.94. The van der Waals surface area contributed by atoms with E-state index in [0.717, 1.165) is 17.3 Å². The van der Waals surface area contributed by atoms with Crippen LogP contribution in [0.2, 0.25) is 0 Å². The standard InChI is InChI=1S/C16H17NO5S/c1-3-17-15(19)13(23-16(17)20)9-11-5-7-12(8-6-11)22-10-14(18)21-4-2/h5-9H,3-4,10H2,1-2H3. The van der Waals surface area contributed by atoms with Crippen molar-refractivity contribution in [2.75, 3.05) is 19.8 Å². The number of imide groups is 1. The van der Waals surface area contributed by atoms with E-state index in [4.69, 9.17) is 9.47 Å². The third kappa shape index (κ3) is 4.35. The molecular formula is C16H17NO5S. The molecule has 1 aromatic carbocycles. The molecule has 2 rings (SSSR count). The number of thioether (sulfide) groups is 1. The summed E-state index contributed by atoms with van der Waals surface area (Å²) in [5.74, 6) is -0.174. The van der Waals surface area contributed by atoms with Gasteiger partial charge in [0.05, 0.1) is 11.5 Å². The number of benzene rings is 1. The zero-order valence-electron chi connectivity index (χ0n) is 12.9. The minimum absolute atomic E-state index is 0.150. The van der Waals surface area contributed by atoms with E-state index < -0.39 is 5.97 Å². The minimum Gasteiger partial charge on any atom is -0.482 e. The Labute approximate surface area is 138 Å². The van der Waals surface area contributed by atoms with Crippen LogP contribution >= 0.6 is 11.8 Å². The number of esters is 1. The van der Waals surface area contributed by atoms with E-state index in [0.29, 0.717) is 23.8 Å². The van der Waals surface area contributed by atoms with Gasteiger partial charge < -0.3 is 9.47 Å². The van der Waals surface area contributed by atoms with Crippen LogP contribution in [-0.4, -0.2) is 41.8 Å². The van der Waals surface area contributed by atoms with Crippen molar-refractivity contribution >= 4 is 35.0 Å². The van der Waals surface area contributed by atoms with Crippen molar-refractivity contribution in [3.63, 3.8) is 0 Å². The maximum atomic E-state index is 12.0. The Morgan fingerprint density at radius 3 is 2.48 bits per heavy atom. The first kappa shape index (κ1) is 17.1. The summed E-state index contributed by atoms with van der Waals surface area (Å²) in [6.07, 6.45) is 1.66. The van der Waals surface area contributed by atoms with Gasteiger partial charge in [0, 0.05) is 6.54 Å². The van der Waals surface area contributed by atoms with Crippen molar-refractivity contribution in [3.8, 4) is 5.75 Å². The number of likely N-dealkylation sites (N-methyl/N-ethyl adjacent to an activating group) is 1. The topological polar surface area (TPSA) is 72.9 Å². The highest BCUT2D eigenvalue weighted by Gasteiger charge is 2.33. The molecule has 0 N–H and O–H groups in total. The number of nitrogens with zero attached hydrogens (tertiary/aromatic N) is 1. The van der Waals surface area contributed by atoms with Crippen LogP contribution in [0.5, 0.6) is 5.75 Å². The van der Waals surface area contributed by atoms with Crippen molar-refractivity contribution in [1.29, 1.82) is 0 Å². The first-order chi connectivity index (χ1) is 11.0. The molecule has 23 heavy (non-hydrogen) atoms. The van der Waals surface area contributed by atoms with Crippen LogP contribution in [0, 0.1) is 0 Å². The Morgan fingerprint density at radius 1 is 1.22 bits per heavy atom. The molecule has 122 valence electrons. The Balaban J connectivity index is 2.00. The second kappa shape index (κ2) is 7.82. The van der Waals surface area contributed by atoms with E-state index in [9.17, 15) is 14.4 Å². The summed E-state index contributed by atoms with van der Waals surface area (Å²) >= 11 is 0.931. The number of carbonyl (C=O) groups is 3. The summed E-state index contributed by atoms with van der Waals surface area (Å²) < 4.78 is 10.1. The minimum atomic E-state index is -0.426. The van der Waals surface area contributed by atoms with Gasteiger partial charge in [-0.2, -0.15) is 0 Å². The van der Waals surface area contributed by atoms with E-state index in [1.54, 1.807) is 44.2 Å². The van der Waals surface area contributed by atoms with Crippen molar-refractivity contribution in [1.82, 2.24) is 4.90 Å². The smallest absolute Gasteiger partial charge is 0.344 e. The maximum Gasteiger partial charge on any atom is 0.344 e. The maximum absolute atomic E-state index is 12.0. The third-order valence-electron chi connectivity index (χ3n) is 3.03. The molecule has 0 spiro atoms. The van der Waals surface area contributed by atoms with Crippen LogP contribution in [0.1, 0.15) is 19.4 Å². The fourth-order valence-electron chi connectivity index (χ4n) is 1.93. The number of hydrogen-bond acceptors (Lipinski definition) is 6. The lowest BCUT2D eigenvalue weighted by atomic mass is 10.2. The Bertz CT molecular complexity index is 638. The fraction of sp³-hybridized carbons (Fsp3) is 0.312. The zero-order chi connectivity index (χ0) is 16.8. The Kier molecular flexibility index (Phi) is 5.81. The summed E-state index contributed by atoms with van der Waals surface area (Å²) in [6, 6.07) is 6.88. The highest BCUT2D eigenvalue weighted by atomic mass is 32.2. The van der Waals surface area contributed by atoms with Gasteiger partial charge in [0.25, 0.3) is 11.1 Å². The lowest BCUT2D eigenvalue weighted by molar-refractivity contribution is -0.145. The van der Waals surface area contributed by atoms with Gasteiger partial charge in [0.1, 0.15) is 5.75 Å². The second-order valence-corrected chi connectivity index (χ2v) is 5.58. The second-order valence-electron chi connectivity index (χ2n) is 4.59. The molecular weight excluding hydrogens is 318 g/mol. The summed E-state index contributed by atoms with van der Waals surface area (Å²) in [7, 11) is 0. The SMILES string of the molecule is CCOC(=O)COc1ccc(C=C2SC(=O)N(CC)C2=O)cc1. The first-order valence-electron chi connectivity index (χ1n) is 7.19. The van der Waals surface area contributed by atoms with Gasteiger partial charge in [0.15, 0.2) is 6.61 Å². The molecule has 0 saturated carbocycles. The van der Waals surface area contributed by atoms with E-state index in [2.05, 4.69) is 0 Å². The van der Waals surface area contributed by atoms with Crippen molar-refractivity contribution < 1.29 is 23.9 Å². The number of rotatable bonds is 6. The van der Waals surface area contributed by atoms with E-state index in [1.165, 1.54) is 4.90 Å². The summed E-state index contributed by atoms with van der Waals surface area (Å²) in [4.78, 5) is 36.4. The molecule has 0 bridgehead atoms. The van der Waals surface area contributed by atoms with Gasteiger partial charge in [-0.1, -0.05) is 12.1 Å². The van der Waals surface area contributed by atoms with Gasteiger partial charge in [-0.15, -0.1) is 0 Å². The number of hydrogen-bond donors (Lipinski definition) is 0. The summed E-state index contributed by atoms with van der Waals surface area (Å²) in [5.41, 5.74) is 0.773. The van der Waals surface area contributed by atoms with Crippen LogP contribution in [0.4, 0.5) is 4.79 Å². The van der Waals surface area contributed by atoms with E-state index >= 15 is 0 Å². The number of amides is 2. The van der Waals surface area contributed by atoms with Crippen LogP contribution < -0.4 is 4.74 Å². The molecule has 0 aromatic heterocycles. The molecule has 7 heteroatoms. The van der Waals surface area contributed by atoms with E-state index in [-0.39, 0.29) is 17.8 Å². The quantitative estimate of drug-likeness (QED) is 0.588. The normalized spacial score (nSPS) is 16.1. The van der Waals surface area contributed by atoms with Crippen LogP contribution in [0.15, 0.2) is 29.2 Å². The molecule has 1 aromatic rings. The molecule has 1 aliphatic heterocycles. The Hall–Kier alpha value is -2.28. The predicted molar refractivity (Wildman–Crippen MR) is 86.9 cm³/mol. The molecule has 1 aliphatic rings. The molecule has 0 atom stereocenters. The molecule has 1 saturated heterocycles. The van der Waals surface area contributed by atoms with Crippen LogP contribution in [0.3, 0.4) is 0 Å². The largest absolute Gasteiger partial charge is 0.482 e. The molecule has 1 heterocycles. The van der Waals surface area contributed by atoms with Gasteiger partial charge >= 0.3 is 5.97 Å².